The van der Waals surface area contributed by atoms with Gasteiger partial charge in [0.15, 0.2) is 0 Å². The lowest BCUT2D eigenvalue weighted by molar-refractivity contribution is 0.0697. The smallest absolute Gasteiger partial charge is 0.335 e. The number of pyridine rings is 1. The molecule has 0 atom stereocenters. The van der Waals surface area contributed by atoms with Crippen molar-refractivity contribution >= 4 is 21.9 Å². The van der Waals surface area contributed by atoms with E-state index in [-0.39, 0.29) is 11.1 Å². The van der Waals surface area contributed by atoms with E-state index in [0.29, 0.717) is 11.0 Å². The van der Waals surface area contributed by atoms with Gasteiger partial charge in [-0.25, -0.2) is 4.79 Å². The summed E-state index contributed by atoms with van der Waals surface area (Å²) in [5.41, 5.74) is 1.99. The van der Waals surface area contributed by atoms with E-state index in [1.165, 1.54) is 12.1 Å². The lowest BCUT2D eigenvalue weighted by Gasteiger charge is -2.08. The first-order chi connectivity index (χ1) is 8.97. The summed E-state index contributed by atoms with van der Waals surface area (Å²) in [5, 5.41) is 8.82. The van der Waals surface area contributed by atoms with Crippen LogP contribution in [0.3, 0.4) is 0 Å². The molecule has 1 N–H and O–H groups in total. The highest BCUT2D eigenvalue weighted by Gasteiger charge is 2.05. The fraction of sp³-hybridized carbons (Fsp3) is 0.143. The second-order valence-electron chi connectivity index (χ2n) is 4.30. The van der Waals surface area contributed by atoms with Crippen LogP contribution in [-0.2, 0) is 6.54 Å². The zero-order valence-corrected chi connectivity index (χ0v) is 11.8. The predicted molar refractivity (Wildman–Crippen MR) is 75.6 cm³/mol. The Kier molecular flexibility index (Phi) is 3.85. The number of aromatic nitrogens is 1. The maximum absolute atomic E-state index is 11.9. The minimum atomic E-state index is -0.956. The van der Waals surface area contributed by atoms with Crippen LogP contribution in [0.25, 0.3) is 0 Å². The Hall–Kier alpha value is -1.88. The topological polar surface area (TPSA) is 59.3 Å². The number of carboxylic acids is 1. The third kappa shape index (κ3) is 3.12. The molecule has 0 aliphatic carbocycles. The minimum Gasteiger partial charge on any atom is -0.478 e. The van der Waals surface area contributed by atoms with E-state index in [4.69, 9.17) is 5.11 Å². The maximum atomic E-state index is 11.9. The van der Waals surface area contributed by atoms with Crippen LogP contribution in [0.2, 0.25) is 0 Å². The number of aryl methyl sites for hydroxylation is 1. The zero-order valence-electron chi connectivity index (χ0n) is 10.3. The normalized spacial score (nSPS) is 10.4. The standard InChI is InChI=1S/C14H12BrNO3/c1-9-6-12(15)13(17)16(7-9)8-10-2-4-11(5-3-10)14(18)19/h2-7H,8H2,1H3,(H,18,19). The van der Waals surface area contributed by atoms with Crippen LogP contribution in [0.5, 0.6) is 0 Å². The molecular weight excluding hydrogens is 310 g/mol. The van der Waals surface area contributed by atoms with Crippen LogP contribution < -0.4 is 5.56 Å². The van der Waals surface area contributed by atoms with Gasteiger partial charge in [0, 0.05) is 6.20 Å². The van der Waals surface area contributed by atoms with Gasteiger partial charge in [-0.2, -0.15) is 0 Å². The quantitative estimate of drug-likeness (QED) is 0.945. The first kappa shape index (κ1) is 13.5. The van der Waals surface area contributed by atoms with Crippen molar-refractivity contribution in [2.24, 2.45) is 0 Å². The first-order valence-corrected chi connectivity index (χ1v) is 6.45. The lowest BCUT2D eigenvalue weighted by Crippen LogP contribution is -2.21. The number of nitrogens with zero attached hydrogens (tertiary/aromatic N) is 1. The van der Waals surface area contributed by atoms with Crippen molar-refractivity contribution in [1.82, 2.24) is 4.57 Å². The SMILES string of the molecule is Cc1cc(Br)c(=O)n(Cc2ccc(C(=O)O)cc2)c1. The first-order valence-electron chi connectivity index (χ1n) is 5.66. The minimum absolute atomic E-state index is 0.104. The number of hydrogen-bond donors (Lipinski definition) is 1. The number of carbonyl (C=O) groups is 1. The lowest BCUT2D eigenvalue weighted by atomic mass is 10.1. The Morgan fingerprint density at radius 2 is 1.95 bits per heavy atom. The molecule has 0 fully saturated rings. The summed E-state index contributed by atoms with van der Waals surface area (Å²) in [7, 11) is 0. The molecule has 0 aliphatic heterocycles. The molecule has 1 aromatic carbocycles. The van der Waals surface area contributed by atoms with Gasteiger partial charge in [0.1, 0.15) is 0 Å². The van der Waals surface area contributed by atoms with E-state index < -0.39 is 5.97 Å². The molecule has 0 saturated heterocycles. The van der Waals surface area contributed by atoms with Crippen molar-refractivity contribution in [2.75, 3.05) is 0 Å². The van der Waals surface area contributed by atoms with E-state index in [2.05, 4.69) is 15.9 Å². The van der Waals surface area contributed by atoms with Crippen molar-refractivity contribution < 1.29 is 9.90 Å². The second kappa shape index (κ2) is 5.40. The number of rotatable bonds is 3. The Labute approximate surface area is 118 Å². The van der Waals surface area contributed by atoms with E-state index in [9.17, 15) is 9.59 Å². The predicted octanol–water partition coefficient (Wildman–Crippen LogP) is 2.67. The number of halogens is 1. The van der Waals surface area contributed by atoms with E-state index >= 15 is 0 Å². The summed E-state index contributed by atoms with van der Waals surface area (Å²) < 4.78 is 2.12. The summed E-state index contributed by atoms with van der Waals surface area (Å²) in [6.45, 7) is 2.33. The summed E-state index contributed by atoms with van der Waals surface area (Å²) in [6, 6.07) is 8.27. The fourth-order valence-electron chi connectivity index (χ4n) is 1.81. The van der Waals surface area contributed by atoms with Crippen LogP contribution in [0.4, 0.5) is 0 Å². The van der Waals surface area contributed by atoms with E-state index in [1.54, 1.807) is 29.0 Å². The Morgan fingerprint density at radius 1 is 1.32 bits per heavy atom. The molecule has 0 unspecified atom stereocenters. The van der Waals surface area contributed by atoms with Gasteiger partial charge in [-0.05, 0) is 52.2 Å². The van der Waals surface area contributed by atoms with Gasteiger partial charge in [-0.15, -0.1) is 0 Å². The average Bonchev–Trinajstić information content (AvgIpc) is 2.36. The average molecular weight is 322 g/mol. The van der Waals surface area contributed by atoms with Gasteiger partial charge in [0.2, 0.25) is 0 Å². The van der Waals surface area contributed by atoms with Gasteiger partial charge < -0.3 is 9.67 Å². The highest BCUT2D eigenvalue weighted by molar-refractivity contribution is 9.10. The van der Waals surface area contributed by atoms with Crippen LogP contribution in [0.15, 0.2) is 45.8 Å². The zero-order chi connectivity index (χ0) is 14.0. The molecule has 0 spiro atoms. The molecule has 0 saturated carbocycles. The number of carboxylic acid groups (broad SMARTS) is 1. The molecule has 2 aromatic rings. The number of benzene rings is 1. The summed E-state index contributed by atoms with van der Waals surface area (Å²) in [4.78, 5) is 22.7. The molecule has 4 nitrogen and oxygen atoms in total. The Morgan fingerprint density at radius 3 is 2.53 bits per heavy atom. The fourth-order valence-corrected chi connectivity index (χ4v) is 2.40. The van der Waals surface area contributed by atoms with E-state index in [0.717, 1.165) is 11.1 Å². The molecular formula is C14H12BrNO3. The van der Waals surface area contributed by atoms with Gasteiger partial charge >= 0.3 is 5.97 Å². The summed E-state index contributed by atoms with van der Waals surface area (Å²) in [5.74, 6) is -0.956. The molecule has 5 heteroatoms. The van der Waals surface area contributed by atoms with Crippen LogP contribution in [0, 0.1) is 6.92 Å². The van der Waals surface area contributed by atoms with Crippen molar-refractivity contribution in [3.63, 3.8) is 0 Å². The van der Waals surface area contributed by atoms with Gasteiger partial charge in [0.25, 0.3) is 5.56 Å². The largest absolute Gasteiger partial charge is 0.478 e. The molecule has 19 heavy (non-hydrogen) atoms. The maximum Gasteiger partial charge on any atom is 0.335 e. The summed E-state index contributed by atoms with van der Waals surface area (Å²) in [6.07, 6.45) is 1.78. The third-order valence-corrected chi connectivity index (χ3v) is 3.30. The Balaban J connectivity index is 2.31. The van der Waals surface area contributed by atoms with Crippen LogP contribution >= 0.6 is 15.9 Å². The molecule has 0 aliphatic rings. The van der Waals surface area contributed by atoms with E-state index in [1.807, 2.05) is 6.92 Å². The van der Waals surface area contributed by atoms with Crippen molar-refractivity contribution in [2.45, 2.75) is 13.5 Å². The van der Waals surface area contributed by atoms with Gasteiger partial charge in [-0.3, -0.25) is 4.79 Å². The van der Waals surface area contributed by atoms with Crippen LogP contribution in [0.1, 0.15) is 21.5 Å². The van der Waals surface area contributed by atoms with Crippen molar-refractivity contribution in [3.8, 4) is 0 Å². The molecule has 0 radical (unpaired) electrons. The Bertz CT molecular complexity index is 674. The molecule has 2 rings (SSSR count). The molecule has 0 bridgehead atoms. The van der Waals surface area contributed by atoms with Crippen LogP contribution in [-0.4, -0.2) is 15.6 Å². The highest BCUT2D eigenvalue weighted by Crippen LogP contribution is 2.09. The summed E-state index contributed by atoms with van der Waals surface area (Å²) >= 11 is 3.23. The van der Waals surface area contributed by atoms with Gasteiger partial charge in [0.05, 0.1) is 16.6 Å². The van der Waals surface area contributed by atoms with Gasteiger partial charge in [-0.1, -0.05) is 12.1 Å². The highest BCUT2D eigenvalue weighted by atomic mass is 79.9. The van der Waals surface area contributed by atoms with Crippen molar-refractivity contribution in [3.05, 3.63) is 68.0 Å². The van der Waals surface area contributed by atoms with Crippen molar-refractivity contribution in [1.29, 1.82) is 0 Å². The third-order valence-electron chi connectivity index (χ3n) is 2.73. The number of aromatic carboxylic acids is 1. The second-order valence-corrected chi connectivity index (χ2v) is 5.15. The number of hydrogen-bond acceptors (Lipinski definition) is 2. The monoisotopic (exact) mass is 321 g/mol. The molecule has 0 amide bonds. The molecule has 98 valence electrons. The molecule has 1 heterocycles. The molecule has 1 aromatic heterocycles.